The second-order valence-corrected chi connectivity index (χ2v) is 9.08. The molecule has 0 atom stereocenters. The van der Waals surface area contributed by atoms with Crippen LogP contribution < -0.4 is 0 Å². The number of hydrogen-bond acceptors (Lipinski definition) is 8. The topological polar surface area (TPSA) is 76.1 Å². The van der Waals surface area contributed by atoms with E-state index >= 15 is 0 Å². The SMILES string of the molecule is Cc1nn(C)c2ncc(CN3CCN(CCCc4nc(-c5cccs5)no4)CC3)cc12. The van der Waals surface area contributed by atoms with Gasteiger partial charge in [-0.15, -0.1) is 11.3 Å². The summed E-state index contributed by atoms with van der Waals surface area (Å²) in [5.74, 6) is 1.43. The van der Waals surface area contributed by atoms with Gasteiger partial charge in [0.25, 0.3) is 0 Å². The Bertz CT molecular complexity index is 1140. The first-order valence-corrected chi connectivity index (χ1v) is 11.6. The lowest BCUT2D eigenvalue weighted by Crippen LogP contribution is -2.46. The van der Waals surface area contributed by atoms with Gasteiger partial charge in [0.2, 0.25) is 11.7 Å². The molecule has 1 fully saturated rings. The van der Waals surface area contributed by atoms with Gasteiger partial charge in [-0.25, -0.2) is 4.98 Å². The minimum absolute atomic E-state index is 0.702. The number of fused-ring (bicyclic) bond motifs is 1. The number of aromatic nitrogens is 5. The van der Waals surface area contributed by atoms with Crippen molar-refractivity contribution in [3.63, 3.8) is 0 Å². The van der Waals surface area contributed by atoms with Crippen molar-refractivity contribution in [2.24, 2.45) is 7.05 Å². The van der Waals surface area contributed by atoms with Gasteiger partial charge in [-0.05, 0) is 43.0 Å². The van der Waals surface area contributed by atoms with Crippen molar-refractivity contribution >= 4 is 22.4 Å². The summed E-state index contributed by atoms with van der Waals surface area (Å²) in [4.78, 5) is 15.2. The van der Waals surface area contributed by atoms with Crippen molar-refractivity contribution in [1.82, 2.24) is 34.7 Å². The van der Waals surface area contributed by atoms with Crippen molar-refractivity contribution in [1.29, 1.82) is 0 Å². The fourth-order valence-electron chi connectivity index (χ4n) is 4.18. The molecule has 0 bridgehead atoms. The molecule has 0 aliphatic carbocycles. The van der Waals surface area contributed by atoms with E-state index in [0.717, 1.165) is 79.6 Å². The molecule has 0 saturated carbocycles. The first-order valence-electron chi connectivity index (χ1n) is 10.7. The van der Waals surface area contributed by atoms with Crippen LogP contribution in [-0.2, 0) is 20.0 Å². The highest BCUT2D eigenvalue weighted by Gasteiger charge is 2.18. The van der Waals surface area contributed by atoms with E-state index in [4.69, 9.17) is 4.52 Å². The second kappa shape index (κ2) is 8.86. The number of thiophene rings is 1. The summed E-state index contributed by atoms with van der Waals surface area (Å²) in [7, 11) is 1.95. The van der Waals surface area contributed by atoms with Gasteiger partial charge in [-0.3, -0.25) is 9.58 Å². The molecule has 4 aromatic heterocycles. The van der Waals surface area contributed by atoms with Crippen LogP contribution in [-0.4, -0.2) is 67.4 Å². The third-order valence-electron chi connectivity index (χ3n) is 5.87. The van der Waals surface area contributed by atoms with Gasteiger partial charge in [0.1, 0.15) is 0 Å². The smallest absolute Gasteiger partial charge is 0.227 e. The van der Waals surface area contributed by atoms with E-state index in [0.29, 0.717) is 5.82 Å². The van der Waals surface area contributed by atoms with Crippen molar-refractivity contribution in [3.05, 3.63) is 46.9 Å². The van der Waals surface area contributed by atoms with Crippen molar-refractivity contribution in [2.45, 2.75) is 26.3 Å². The highest BCUT2D eigenvalue weighted by molar-refractivity contribution is 7.13. The molecule has 1 saturated heterocycles. The van der Waals surface area contributed by atoms with E-state index in [-0.39, 0.29) is 0 Å². The van der Waals surface area contributed by atoms with Crippen LogP contribution in [0.2, 0.25) is 0 Å². The number of aryl methyl sites for hydroxylation is 3. The summed E-state index contributed by atoms with van der Waals surface area (Å²) < 4.78 is 7.26. The van der Waals surface area contributed by atoms with Gasteiger partial charge in [0.05, 0.1) is 10.6 Å². The summed E-state index contributed by atoms with van der Waals surface area (Å²) in [6, 6.07) is 6.27. The zero-order chi connectivity index (χ0) is 21.2. The maximum Gasteiger partial charge on any atom is 0.227 e. The van der Waals surface area contributed by atoms with Gasteiger partial charge in [0, 0.05) is 57.8 Å². The van der Waals surface area contributed by atoms with Crippen LogP contribution in [0, 0.1) is 6.92 Å². The van der Waals surface area contributed by atoms with E-state index in [2.05, 4.69) is 36.1 Å². The van der Waals surface area contributed by atoms with Crippen LogP contribution in [0.1, 0.15) is 23.6 Å². The molecular formula is C22H27N7OS. The fraction of sp³-hybridized carbons (Fsp3) is 0.455. The quantitative estimate of drug-likeness (QED) is 0.440. The lowest BCUT2D eigenvalue weighted by atomic mass is 10.2. The van der Waals surface area contributed by atoms with Gasteiger partial charge in [-0.2, -0.15) is 10.1 Å². The van der Waals surface area contributed by atoms with E-state index in [9.17, 15) is 0 Å². The normalized spacial score (nSPS) is 15.8. The van der Waals surface area contributed by atoms with E-state index in [1.807, 2.05) is 42.4 Å². The monoisotopic (exact) mass is 437 g/mol. The maximum absolute atomic E-state index is 5.41. The first-order chi connectivity index (χ1) is 15.2. The van der Waals surface area contributed by atoms with Crippen LogP contribution >= 0.6 is 11.3 Å². The Hall–Kier alpha value is -2.62. The highest BCUT2D eigenvalue weighted by Crippen LogP contribution is 2.22. The fourth-order valence-corrected chi connectivity index (χ4v) is 4.83. The number of rotatable bonds is 7. The largest absolute Gasteiger partial charge is 0.339 e. The standard InChI is InChI=1S/C22H27N7OS/c1-16-18-13-17(14-23-22(18)27(2)25-16)15-29-10-8-28(9-11-29)7-3-6-20-24-21(26-30-20)19-5-4-12-31-19/h4-5,12-14H,3,6-11,15H2,1-2H3. The summed E-state index contributed by atoms with van der Waals surface area (Å²) >= 11 is 1.63. The summed E-state index contributed by atoms with van der Waals surface area (Å²) in [5, 5.41) is 11.7. The molecule has 0 amide bonds. The van der Waals surface area contributed by atoms with E-state index in [1.165, 1.54) is 5.56 Å². The first kappa shape index (κ1) is 20.3. The number of piperazine rings is 1. The Kier molecular flexibility index (Phi) is 5.80. The maximum atomic E-state index is 5.41. The molecule has 0 spiro atoms. The van der Waals surface area contributed by atoms with Gasteiger partial charge in [0.15, 0.2) is 5.65 Å². The van der Waals surface area contributed by atoms with E-state index in [1.54, 1.807) is 11.3 Å². The third kappa shape index (κ3) is 4.53. The Balaban J connectivity index is 1.07. The molecule has 1 aliphatic heterocycles. The molecular weight excluding hydrogens is 410 g/mol. The molecule has 4 aromatic rings. The zero-order valence-electron chi connectivity index (χ0n) is 18.0. The molecule has 0 aromatic carbocycles. The number of hydrogen-bond donors (Lipinski definition) is 0. The summed E-state index contributed by atoms with van der Waals surface area (Å²) in [5.41, 5.74) is 3.25. The minimum atomic E-state index is 0.702. The number of nitrogens with zero attached hydrogens (tertiary/aromatic N) is 7. The van der Waals surface area contributed by atoms with Crippen LogP contribution in [0.3, 0.4) is 0 Å². The van der Waals surface area contributed by atoms with E-state index < -0.39 is 0 Å². The molecule has 0 N–H and O–H groups in total. The third-order valence-corrected chi connectivity index (χ3v) is 6.73. The van der Waals surface area contributed by atoms with Gasteiger partial charge in [-0.1, -0.05) is 11.2 Å². The van der Waals surface area contributed by atoms with Crippen LogP contribution in [0.4, 0.5) is 0 Å². The molecule has 162 valence electrons. The van der Waals surface area contributed by atoms with Gasteiger partial charge < -0.3 is 9.42 Å². The lowest BCUT2D eigenvalue weighted by Gasteiger charge is -2.34. The van der Waals surface area contributed by atoms with Crippen molar-refractivity contribution in [3.8, 4) is 10.7 Å². The zero-order valence-corrected chi connectivity index (χ0v) is 18.8. The second-order valence-electron chi connectivity index (χ2n) is 8.13. The highest BCUT2D eigenvalue weighted by atomic mass is 32.1. The van der Waals surface area contributed by atoms with Crippen LogP contribution in [0.15, 0.2) is 34.3 Å². The van der Waals surface area contributed by atoms with Crippen molar-refractivity contribution < 1.29 is 4.52 Å². The molecule has 31 heavy (non-hydrogen) atoms. The number of pyridine rings is 1. The predicted molar refractivity (Wildman–Crippen MR) is 121 cm³/mol. The van der Waals surface area contributed by atoms with Gasteiger partial charge >= 0.3 is 0 Å². The Morgan fingerprint density at radius 2 is 2.00 bits per heavy atom. The molecule has 0 unspecified atom stereocenters. The summed E-state index contributed by atoms with van der Waals surface area (Å²) in [6.07, 6.45) is 3.85. The molecule has 9 heteroatoms. The Morgan fingerprint density at radius 1 is 1.16 bits per heavy atom. The molecule has 8 nitrogen and oxygen atoms in total. The Morgan fingerprint density at radius 3 is 2.81 bits per heavy atom. The van der Waals surface area contributed by atoms with Crippen LogP contribution in [0.25, 0.3) is 21.7 Å². The van der Waals surface area contributed by atoms with Crippen molar-refractivity contribution in [2.75, 3.05) is 32.7 Å². The van der Waals surface area contributed by atoms with Crippen LogP contribution in [0.5, 0.6) is 0 Å². The predicted octanol–water partition coefficient (Wildman–Crippen LogP) is 3.14. The molecule has 1 aliphatic rings. The molecule has 5 rings (SSSR count). The molecule has 0 radical (unpaired) electrons. The Labute approximate surface area is 185 Å². The minimum Gasteiger partial charge on any atom is -0.339 e. The average molecular weight is 438 g/mol. The molecule has 5 heterocycles. The lowest BCUT2D eigenvalue weighted by molar-refractivity contribution is 0.125. The summed E-state index contributed by atoms with van der Waals surface area (Å²) in [6.45, 7) is 8.38. The average Bonchev–Trinajstić information content (AvgIpc) is 3.51.